The van der Waals surface area contributed by atoms with Crippen LogP contribution in [0, 0.1) is 5.82 Å². The second-order valence-electron chi connectivity index (χ2n) is 5.35. The molecular formula is C19H17ClFNO5. The van der Waals surface area contributed by atoms with E-state index in [-0.39, 0.29) is 28.4 Å². The molecule has 8 heteroatoms. The lowest BCUT2D eigenvalue weighted by Gasteiger charge is -2.11. The van der Waals surface area contributed by atoms with Gasteiger partial charge in [0.25, 0.3) is 5.91 Å². The Morgan fingerprint density at radius 2 is 1.81 bits per heavy atom. The Kier molecular flexibility index (Phi) is 7.31. The van der Waals surface area contributed by atoms with Crippen molar-refractivity contribution in [3.63, 3.8) is 0 Å². The number of hydrogen-bond donors (Lipinski definition) is 1. The van der Waals surface area contributed by atoms with Crippen molar-refractivity contribution in [3.05, 3.63) is 64.4 Å². The first-order chi connectivity index (χ1) is 12.9. The maximum absolute atomic E-state index is 13.7. The Morgan fingerprint density at radius 3 is 2.52 bits per heavy atom. The van der Waals surface area contributed by atoms with Gasteiger partial charge in [-0.25, -0.2) is 9.18 Å². The number of ether oxygens (including phenoxy) is 2. The van der Waals surface area contributed by atoms with Crippen molar-refractivity contribution in [3.8, 4) is 0 Å². The smallest absolute Gasteiger partial charge is 0.340 e. The lowest BCUT2D eigenvalue weighted by atomic mass is 10.1. The minimum absolute atomic E-state index is 0.00256. The van der Waals surface area contributed by atoms with Crippen LogP contribution in [0.4, 0.5) is 10.1 Å². The molecule has 0 bridgehead atoms. The second-order valence-corrected chi connectivity index (χ2v) is 5.76. The number of rotatable bonds is 7. The number of carbonyl (C=O) groups excluding carboxylic acids is 3. The van der Waals surface area contributed by atoms with E-state index >= 15 is 0 Å². The third-order valence-electron chi connectivity index (χ3n) is 3.44. The standard InChI is InChI=1S/C19H17ClFNO5/c1-2-26-19(25)12-6-3-4-9-16(12)22-17(23)11-27-18(24)10-13-14(20)7-5-8-15(13)21/h3-9H,2,10-11H2,1H3,(H,22,23). The maximum atomic E-state index is 13.7. The van der Waals surface area contributed by atoms with Crippen LogP contribution in [0.2, 0.25) is 5.02 Å². The van der Waals surface area contributed by atoms with Gasteiger partial charge in [-0.15, -0.1) is 0 Å². The highest BCUT2D eigenvalue weighted by molar-refractivity contribution is 6.31. The van der Waals surface area contributed by atoms with Crippen LogP contribution in [0.3, 0.4) is 0 Å². The SMILES string of the molecule is CCOC(=O)c1ccccc1NC(=O)COC(=O)Cc1c(F)cccc1Cl. The Morgan fingerprint density at radius 1 is 1.07 bits per heavy atom. The van der Waals surface area contributed by atoms with E-state index in [0.717, 1.165) is 0 Å². The first-order valence-electron chi connectivity index (χ1n) is 8.07. The summed E-state index contributed by atoms with van der Waals surface area (Å²) >= 11 is 5.85. The van der Waals surface area contributed by atoms with Crippen LogP contribution in [0.15, 0.2) is 42.5 Å². The van der Waals surface area contributed by atoms with E-state index in [1.165, 1.54) is 30.3 Å². The molecule has 1 amide bonds. The van der Waals surface area contributed by atoms with Gasteiger partial charge in [-0.05, 0) is 31.2 Å². The minimum atomic E-state index is -0.809. The number of para-hydroxylation sites is 1. The van der Waals surface area contributed by atoms with Crippen molar-refractivity contribution in [1.82, 2.24) is 0 Å². The molecule has 0 radical (unpaired) electrons. The van der Waals surface area contributed by atoms with Crippen LogP contribution in [-0.2, 0) is 25.5 Å². The molecule has 6 nitrogen and oxygen atoms in total. The first-order valence-corrected chi connectivity index (χ1v) is 8.44. The van der Waals surface area contributed by atoms with Crippen LogP contribution < -0.4 is 5.32 Å². The monoisotopic (exact) mass is 393 g/mol. The van der Waals surface area contributed by atoms with Gasteiger partial charge in [0.05, 0.1) is 24.3 Å². The number of nitrogens with one attached hydrogen (secondary N) is 1. The molecule has 0 aliphatic heterocycles. The van der Waals surface area contributed by atoms with Crippen molar-refractivity contribution in [2.75, 3.05) is 18.5 Å². The molecule has 0 heterocycles. The maximum Gasteiger partial charge on any atom is 0.340 e. The zero-order valence-electron chi connectivity index (χ0n) is 14.5. The topological polar surface area (TPSA) is 81.7 Å². The molecule has 142 valence electrons. The van der Waals surface area contributed by atoms with Crippen LogP contribution in [0.1, 0.15) is 22.8 Å². The van der Waals surface area contributed by atoms with E-state index in [0.29, 0.717) is 0 Å². The van der Waals surface area contributed by atoms with E-state index < -0.39 is 36.7 Å². The highest BCUT2D eigenvalue weighted by Gasteiger charge is 2.16. The molecule has 2 rings (SSSR count). The molecular weight excluding hydrogens is 377 g/mol. The fourth-order valence-corrected chi connectivity index (χ4v) is 2.44. The lowest BCUT2D eigenvalue weighted by Crippen LogP contribution is -2.23. The number of amides is 1. The van der Waals surface area contributed by atoms with Gasteiger partial charge in [0.2, 0.25) is 0 Å². The van der Waals surface area contributed by atoms with E-state index in [1.807, 2.05) is 0 Å². The van der Waals surface area contributed by atoms with Crippen LogP contribution >= 0.6 is 11.6 Å². The normalized spacial score (nSPS) is 10.2. The van der Waals surface area contributed by atoms with E-state index in [1.54, 1.807) is 19.1 Å². The van der Waals surface area contributed by atoms with Gasteiger partial charge in [-0.3, -0.25) is 9.59 Å². The van der Waals surface area contributed by atoms with Crippen LogP contribution in [0.25, 0.3) is 0 Å². The van der Waals surface area contributed by atoms with Gasteiger partial charge in [-0.1, -0.05) is 29.8 Å². The van der Waals surface area contributed by atoms with Crippen LogP contribution in [0.5, 0.6) is 0 Å². The van der Waals surface area contributed by atoms with E-state index in [2.05, 4.69) is 5.32 Å². The molecule has 0 spiro atoms. The molecule has 0 aliphatic carbocycles. The number of hydrogen-bond acceptors (Lipinski definition) is 5. The summed E-state index contributed by atoms with van der Waals surface area (Å²) in [6.45, 7) is 1.26. The molecule has 0 fully saturated rings. The summed E-state index contributed by atoms with van der Waals surface area (Å²) < 4.78 is 23.4. The Balaban J connectivity index is 1.93. The van der Waals surface area contributed by atoms with E-state index in [9.17, 15) is 18.8 Å². The van der Waals surface area contributed by atoms with Crippen LogP contribution in [-0.4, -0.2) is 31.1 Å². The molecule has 0 aromatic heterocycles. The summed E-state index contributed by atoms with van der Waals surface area (Å²) in [6, 6.07) is 10.3. The third kappa shape index (κ3) is 5.79. The summed E-state index contributed by atoms with van der Waals surface area (Å²) in [5.74, 6) is -2.68. The Labute approximate surface area is 160 Å². The summed E-state index contributed by atoms with van der Waals surface area (Å²) in [4.78, 5) is 35.7. The molecule has 2 aromatic carbocycles. The minimum Gasteiger partial charge on any atom is -0.462 e. The Bertz CT molecular complexity index is 835. The summed E-state index contributed by atoms with van der Waals surface area (Å²) in [6.07, 6.45) is -0.405. The zero-order chi connectivity index (χ0) is 19.8. The number of halogens is 2. The first kappa shape index (κ1) is 20.4. The number of anilines is 1. The molecule has 0 saturated carbocycles. The van der Waals surface area contributed by atoms with Gasteiger partial charge in [0.15, 0.2) is 6.61 Å². The predicted octanol–water partition coefficient (Wildman–Crippen LogP) is 3.38. The summed E-state index contributed by atoms with van der Waals surface area (Å²) in [5, 5.41) is 2.57. The molecule has 1 N–H and O–H groups in total. The van der Waals surface area contributed by atoms with Crippen molar-refractivity contribution in [1.29, 1.82) is 0 Å². The molecule has 0 atom stereocenters. The largest absolute Gasteiger partial charge is 0.462 e. The van der Waals surface area contributed by atoms with Gasteiger partial charge >= 0.3 is 11.9 Å². The van der Waals surface area contributed by atoms with Gasteiger partial charge in [-0.2, -0.15) is 0 Å². The quantitative estimate of drug-likeness (QED) is 0.729. The van der Waals surface area contributed by atoms with Crippen molar-refractivity contribution in [2.45, 2.75) is 13.3 Å². The van der Waals surface area contributed by atoms with Gasteiger partial charge < -0.3 is 14.8 Å². The molecule has 0 aliphatic rings. The number of carbonyl (C=O) groups is 3. The second kappa shape index (κ2) is 9.68. The number of benzene rings is 2. The number of esters is 2. The fourth-order valence-electron chi connectivity index (χ4n) is 2.21. The average molecular weight is 394 g/mol. The predicted molar refractivity (Wildman–Crippen MR) is 97.1 cm³/mol. The van der Waals surface area contributed by atoms with Crippen molar-refractivity contribution >= 4 is 35.1 Å². The summed E-state index contributed by atoms with van der Waals surface area (Å²) in [5.41, 5.74) is 0.406. The Hall–Kier alpha value is -2.93. The van der Waals surface area contributed by atoms with Crippen molar-refractivity contribution in [2.24, 2.45) is 0 Å². The molecule has 0 saturated heterocycles. The molecule has 27 heavy (non-hydrogen) atoms. The fraction of sp³-hybridized carbons (Fsp3) is 0.211. The molecule has 0 unspecified atom stereocenters. The summed E-state index contributed by atoms with van der Waals surface area (Å²) in [7, 11) is 0. The lowest BCUT2D eigenvalue weighted by molar-refractivity contribution is -0.146. The van der Waals surface area contributed by atoms with E-state index in [4.69, 9.17) is 21.1 Å². The average Bonchev–Trinajstić information content (AvgIpc) is 2.64. The van der Waals surface area contributed by atoms with Gasteiger partial charge in [0.1, 0.15) is 5.82 Å². The van der Waals surface area contributed by atoms with Crippen molar-refractivity contribution < 1.29 is 28.2 Å². The zero-order valence-corrected chi connectivity index (χ0v) is 15.2. The molecule has 2 aromatic rings. The highest BCUT2D eigenvalue weighted by atomic mass is 35.5. The third-order valence-corrected chi connectivity index (χ3v) is 3.80. The highest BCUT2D eigenvalue weighted by Crippen LogP contribution is 2.20. The van der Waals surface area contributed by atoms with Gasteiger partial charge in [0, 0.05) is 10.6 Å².